The lowest BCUT2D eigenvalue weighted by Crippen LogP contribution is -2.23. The zero-order valence-corrected chi connectivity index (χ0v) is 12.5. The van der Waals surface area contributed by atoms with Gasteiger partial charge in [-0.1, -0.05) is 6.07 Å². The maximum Gasteiger partial charge on any atom is 0.239 e. The molecule has 0 aromatic carbocycles. The number of hydrogen-bond acceptors (Lipinski definition) is 6. The van der Waals surface area contributed by atoms with E-state index in [2.05, 4.69) is 54.6 Å². The normalized spacial score (nSPS) is 12.2. The van der Waals surface area contributed by atoms with Crippen LogP contribution in [0.2, 0.25) is 0 Å². The number of halogens is 1. The summed E-state index contributed by atoms with van der Waals surface area (Å²) < 4.78 is 0.840. The van der Waals surface area contributed by atoms with Crippen LogP contribution in [-0.4, -0.2) is 17.0 Å². The number of anilines is 2. The van der Waals surface area contributed by atoms with Gasteiger partial charge in [0.25, 0.3) is 0 Å². The fourth-order valence-electron chi connectivity index (χ4n) is 1.58. The third-order valence-electron chi connectivity index (χ3n) is 2.72. The molecule has 3 N–H and O–H groups in total. The fourth-order valence-corrected chi connectivity index (χ4v) is 2.88. The summed E-state index contributed by atoms with van der Waals surface area (Å²) in [4.78, 5) is 11.8. The molecular weight excluding hydrogens is 314 g/mol. The summed E-state index contributed by atoms with van der Waals surface area (Å²) in [6.45, 7) is 2.13. The molecule has 1 unspecified atom stereocenters. The summed E-state index contributed by atoms with van der Waals surface area (Å²) >= 11 is 5.19. The molecule has 0 spiro atoms. The lowest BCUT2D eigenvalue weighted by atomic mass is 10.2. The quantitative estimate of drug-likeness (QED) is 0.667. The molecule has 0 aliphatic heterocycles. The van der Waals surface area contributed by atoms with Crippen LogP contribution in [0.25, 0.3) is 0 Å². The van der Waals surface area contributed by atoms with Gasteiger partial charge < -0.3 is 4.90 Å². The lowest BCUT2D eigenvalue weighted by Gasteiger charge is -2.26. The van der Waals surface area contributed by atoms with E-state index in [1.165, 1.54) is 4.88 Å². The number of thiophene rings is 1. The van der Waals surface area contributed by atoms with E-state index in [0.29, 0.717) is 5.95 Å². The third-order valence-corrected chi connectivity index (χ3v) is 4.33. The summed E-state index contributed by atoms with van der Waals surface area (Å²) in [6, 6.07) is 4.40. The highest BCUT2D eigenvalue weighted by Gasteiger charge is 2.17. The van der Waals surface area contributed by atoms with Crippen molar-refractivity contribution < 1.29 is 0 Å². The van der Waals surface area contributed by atoms with Gasteiger partial charge in [0.2, 0.25) is 5.95 Å². The highest BCUT2D eigenvalue weighted by atomic mass is 79.9. The lowest BCUT2D eigenvalue weighted by molar-refractivity contribution is 0.738. The predicted octanol–water partition coefficient (Wildman–Crippen LogP) is 2.78. The molecule has 1 atom stereocenters. The Labute approximate surface area is 118 Å². The van der Waals surface area contributed by atoms with Gasteiger partial charge in [0.1, 0.15) is 5.82 Å². The molecule has 5 nitrogen and oxygen atoms in total. The standard InChI is InChI=1S/C11H14BrN5S/c1-7(9-4-3-5-18-9)17(2)10-8(12)6-14-11(15-10)16-13/h3-7H,13H2,1-2H3,(H,14,15,16). The minimum absolute atomic E-state index is 0.238. The number of hydrazine groups is 1. The largest absolute Gasteiger partial charge is 0.351 e. The Bertz CT molecular complexity index is 516. The maximum atomic E-state index is 5.33. The van der Waals surface area contributed by atoms with Crippen LogP contribution in [0, 0.1) is 0 Å². The Morgan fingerprint density at radius 3 is 2.94 bits per heavy atom. The van der Waals surface area contributed by atoms with Crippen LogP contribution in [0.15, 0.2) is 28.2 Å². The Balaban J connectivity index is 2.30. The van der Waals surface area contributed by atoms with E-state index in [9.17, 15) is 0 Å². The van der Waals surface area contributed by atoms with Gasteiger partial charge in [0.15, 0.2) is 0 Å². The van der Waals surface area contributed by atoms with Gasteiger partial charge in [0.05, 0.1) is 10.5 Å². The van der Waals surface area contributed by atoms with E-state index in [1.807, 2.05) is 13.1 Å². The van der Waals surface area contributed by atoms with Gasteiger partial charge >= 0.3 is 0 Å². The third kappa shape index (κ3) is 2.63. The summed E-state index contributed by atoms with van der Waals surface area (Å²) in [5.74, 6) is 6.54. The van der Waals surface area contributed by atoms with Crippen molar-refractivity contribution in [1.82, 2.24) is 9.97 Å². The first-order valence-corrected chi connectivity index (χ1v) is 7.06. The first kappa shape index (κ1) is 13.3. The molecule has 0 aliphatic rings. The average Bonchev–Trinajstić information content (AvgIpc) is 2.91. The van der Waals surface area contributed by atoms with Crippen LogP contribution in [0.1, 0.15) is 17.8 Å². The molecule has 0 saturated carbocycles. The molecule has 2 heterocycles. The molecule has 0 fully saturated rings. The average molecular weight is 328 g/mol. The monoisotopic (exact) mass is 327 g/mol. The number of aromatic nitrogens is 2. The molecular formula is C11H14BrN5S. The van der Waals surface area contributed by atoms with Crippen molar-refractivity contribution in [3.8, 4) is 0 Å². The van der Waals surface area contributed by atoms with Gasteiger partial charge in [-0.3, -0.25) is 5.43 Å². The highest BCUT2D eigenvalue weighted by molar-refractivity contribution is 9.10. The van der Waals surface area contributed by atoms with Crippen molar-refractivity contribution in [3.05, 3.63) is 33.1 Å². The van der Waals surface area contributed by atoms with E-state index in [4.69, 9.17) is 5.84 Å². The Kier molecular flexibility index (Phi) is 4.15. The van der Waals surface area contributed by atoms with Crippen LogP contribution < -0.4 is 16.2 Å². The second-order valence-corrected chi connectivity index (χ2v) is 5.65. The first-order chi connectivity index (χ1) is 8.63. The molecule has 0 saturated heterocycles. The molecule has 0 amide bonds. The van der Waals surface area contributed by atoms with Crippen molar-refractivity contribution in [2.45, 2.75) is 13.0 Å². The van der Waals surface area contributed by atoms with Crippen LogP contribution in [0.3, 0.4) is 0 Å². The van der Waals surface area contributed by atoms with Gasteiger partial charge in [-0.05, 0) is 34.3 Å². The van der Waals surface area contributed by atoms with Crippen molar-refractivity contribution in [2.24, 2.45) is 5.84 Å². The maximum absolute atomic E-state index is 5.33. The van der Waals surface area contributed by atoms with Gasteiger partial charge in [-0.15, -0.1) is 11.3 Å². The molecule has 2 rings (SSSR count). The Morgan fingerprint density at radius 2 is 2.33 bits per heavy atom. The Hall–Kier alpha value is -1.18. The van der Waals surface area contributed by atoms with Crippen molar-refractivity contribution in [2.75, 3.05) is 17.4 Å². The molecule has 2 aromatic rings. The van der Waals surface area contributed by atoms with Gasteiger partial charge in [0, 0.05) is 18.1 Å². The van der Waals surface area contributed by atoms with Crippen LogP contribution in [0.4, 0.5) is 11.8 Å². The topological polar surface area (TPSA) is 67.1 Å². The second-order valence-electron chi connectivity index (χ2n) is 3.81. The number of nitrogens with one attached hydrogen (secondary N) is 1. The summed E-state index contributed by atoms with van der Waals surface area (Å²) in [5.41, 5.74) is 2.46. The molecule has 0 aliphatic carbocycles. The van der Waals surface area contributed by atoms with E-state index >= 15 is 0 Å². The number of nitrogens with zero attached hydrogens (tertiary/aromatic N) is 3. The van der Waals surface area contributed by atoms with Crippen LogP contribution in [-0.2, 0) is 0 Å². The number of nitrogen functional groups attached to an aromatic ring is 1. The summed E-state index contributed by atoms with van der Waals surface area (Å²) in [7, 11) is 2.00. The van der Waals surface area contributed by atoms with Crippen molar-refractivity contribution >= 4 is 39.0 Å². The molecule has 96 valence electrons. The molecule has 7 heteroatoms. The predicted molar refractivity (Wildman–Crippen MR) is 78.7 cm³/mol. The minimum Gasteiger partial charge on any atom is -0.351 e. The molecule has 2 aromatic heterocycles. The number of rotatable bonds is 4. The van der Waals surface area contributed by atoms with Crippen molar-refractivity contribution in [1.29, 1.82) is 0 Å². The number of hydrogen-bond donors (Lipinski definition) is 2. The molecule has 18 heavy (non-hydrogen) atoms. The highest BCUT2D eigenvalue weighted by Crippen LogP contribution is 2.31. The first-order valence-electron chi connectivity index (χ1n) is 5.39. The SMILES string of the molecule is CC(c1cccs1)N(C)c1nc(NN)ncc1Br. The Morgan fingerprint density at radius 1 is 1.56 bits per heavy atom. The fraction of sp³-hybridized carbons (Fsp3) is 0.273. The van der Waals surface area contributed by atoms with Crippen LogP contribution in [0.5, 0.6) is 0 Å². The van der Waals surface area contributed by atoms with Gasteiger partial charge in [-0.2, -0.15) is 4.98 Å². The van der Waals surface area contributed by atoms with Crippen molar-refractivity contribution in [3.63, 3.8) is 0 Å². The van der Waals surface area contributed by atoms with Crippen LogP contribution >= 0.6 is 27.3 Å². The zero-order chi connectivity index (χ0) is 13.1. The van der Waals surface area contributed by atoms with E-state index in [1.54, 1.807) is 17.5 Å². The smallest absolute Gasteiger partial charge is 0.239 e. The van der Waals surface area contributed by atoms with E-state index in [0.717, 1.165) is 10.3 Å². The van der Waals surface area contributed by atoms with Gasteiger partial charge in [-0.25, -0.2) is 10.8 Å². The summed E-state index contributed by atoms with van der Waals surface area (Å²) in [6.07, 6.45) is 1.69. The van der Waals surface area contributed by atoms with E-state index < -0.39 is 0 Å². The zero-order valence-electron chi connectivity index (χ0n) is 10.1. The molecule has 0 bridgehead atoms. The summed E-state index contributed by atoms with van der Waals surface area (Å²) in [5, 5.41) is 2.07. The minimum atomic E-state index is 0.238. The molecule has 0 radical (unpaired) electrons. The second kappa shape index (κ2) is 5.64. The number of nitrogens with two attached hydrogens (primary N) is 1. The van der Waals surface area contributed by atoms with E-state index in [-0.39, 0.29) is 6.04 Å².